The van der Waals surface area contributed by atoms with Crippen molar-refractivity contribution in [3.63, 3.8) is 0 Å². The highest BCUT2D eigenvalue weighted by Gasteiger charge is 2.15. The number of benzene rings is 2. The first kappa shape index (κ1) is 15.8. The predicted molar refractivity (Wildman–Crippen MR) is 89.0 cm³/mol. The van der Waals surface area contributed by atoms with Crippen LogP contribution in [0.2, 0.25) is 0 Å². The minimum absolute atomic E-state index is 0.0446. The van der Waals surface area contributed by atoms with Crippen LogP contribution in [0.15, 0.2) is 56.9 Å². The summed E-state index contributed by atoms with van der Waals surface area (Å²) >= 11 is 0. The van der Waals surface area contributed by atoms with E-state index in [1.165, 1.54) is 49.6 Å². The van der Waals surface area contributed by atoms with Crippen molar-refractivity contribution in [2.45, 2.75) is 4.90 Å². The van der Waals surface area contributed by atoms with Crippen LogP contribution in [-0.2, 0) is 10.0 Å². The Hall–Kier alpha value is -3.07. The molecule has 0 amide bonds. The second-order valence-corrected chi connectivity index (χ2v) is 6.63. The van der Waals surface area contributed by atoms with Crippen molar-refractivity contribution in [3.05, 3.63) is 63.2 Å². The summed E-state index contributed by atoms with van der Waals surface area (Å²) in [5.74, 6) is 0.533. The molecule has 1 aromatic heterocycles. The summed E-state index contributed by atoms with van der Waals surface area (Å²) < 4.78 is 32.1. The van der Waals surface area contributed by atoms with Crippen LogP contribution < -0.4 is 20.6 Å². The highest BCUT2D eigenvalue weighted by atomic mass is 32.2. The minimum Gasteiger partial charge on any atom is -0.497 e. The Bertz CT molecular complexity index is 1110. The fourth-order valence-electron chi connectivity index (χ4n) is 2.21. The van der Waals surface area contributed by atoms with E-state index < -0.39 is 21.1 Å². The zero-order chi connectivity index (χ0) is 17.3. The van der Waals surface area contributed by atoms with Crippen LogP contribution in [0.5, 0.6) is 5.75 Å². The molecule has 0 spiro atoms. The monoisotopic (exact) mass is 347 g/mol. The Morgan fingerprint density at radius 3 is 2.17 bits per heavy atom. The first-order chi connectivity index (χ1) is 11.4. The van der Waals surface area contributed by atoms with Crippen LogP contribution in [0.25, 0.3) is 10.8 Å². The van der Waals surface area contributed by atoms with E-state index in [1.54, 1.807) is 0 Å². The number of methoxy groups -OCH3 is 1. The summed E-state index contributed by atoms with van der Waals surface area (Å²) in [6.07, 6.45) is 0. The Kier molecular flexibility index (Phi) is 3.86. The van der Waals surface area contributed by atoms with Gasteiger partial charge in [0.1, 0.15) is 5.75 Å². The number of aromatic nitrogens is 2. The third-order valence-corrected chi connectivity index (χ3v) is 4.82. The van der Waals surface area contributed by atoms with Crippen LogP contribution in [0.3, 0.4) is 0 Å². The molecular weight excluding hydrogens is 334 g/mol. The molecule has 3 rings (SSSR count). The van der Waals surface area contributed by atoms with Crippen LogP contribution in [0.4, 0.5) is 5.69 Å². The molecule has 0 aliphatic rings. The topological polar surface area (TPSA) is 121 Å². The zero-order valence-electron chi connectivity index (χ0n) is 12.5. The molecule has 0 bridgehead atoms. The Balaban J connectivity index is 2.00. The average molecular weight is 347 g/mol. The molecule has 3 N–H and O–H groups in total. The quantitative estimate of drug-likeness (QED) is 0.651. The van der Waals surface area contributed by atoms with Gasteiger partial charge in [0.2, 0.25) is 0 Å². The van der Waals surface area contributed by atoms with Crippen molar-refractivity contribution in [1.82, 2.24) is 10.2 Å². The van der Waals surface area contributed by atoms with Crippen molar-refractivity contribution < 1.29 is 13.2 Å². The number of H-pyrrole nitrogens is 2. The maximum atomic E-state index is 12.4. The van der Waals surface area contributed by atoms with E-state index in [9.17, 15) is 18.0 Å². The lowest BCUT2D eigenvalue weighted by molar-refractivity contribution is 0.414. The number of hydrogen-bond acceptors (Lipinski definition) is 5. The van der Waals surface area contributed by atoms with E-state index >= 15 is 0 Å². The lowest BCUT2D eigenvalue weighted by Crippen LogP contribution is -2.19. The summed E-state index contributed by atoms with van der Waals surface area (Å²) in [5.41, 5.74) is -0.807. The molecule has 1 heterocycles. The molecule has 0 saturated carbocycles. The van der Waals surface area contributed by atoms with Crippen molar-refractivity contribution in [2.24, 2.45) is 0 Å². The van der Waals surface area contributed by atoms with Crippen molar-refractivity contribution in [1.29, 1.82) is 0 Å². The van der Waals surface area contributed by atoms with Crippen molar-refractivity contribution >= 4 is 26.5 Å². The van der Waals surface area contributed by atoms with Crippen LogP contribution >= 0.6 is 0 Å². The molecule has 124 valence electrons. The largest absolute Gasteiger partial charge is 0.497 e. The number of fused-ring (bicyclic) bond motifs is 1. The van der Waals surface area contributed by atoms with Gasteiger partial charge in [-0.25, -0.2) is 8.42 Å². The van der Waals surface area contributed by atoms with E-state index in [2.05, 4.69) is 14.9 Å². The van der Waals surface area contributed by atoms with Gasteiger partial charge in [-0.2, -0.15) is 0 Å². The fourth-order valence-corrected chi connectivity index (χ4v) is 3.26. The second-order valence-electron chi connectivity index (χ2n) is 4.95. The van der Waals surface area contributed by atoms with E-state index in [1.807, 2.05) is 0 Å². The normalized spacial score (nSPS) is 11.4. The Morgan fingerprint density at radius 2 is 1.54 bits per heavy atom. The molecular formula is C15H13N3O5S. The summed E-state index contributed by atoms with van der Waals surface area (Å²) in [6.45, 7) is 0. The van der Waals surface area contributed by atoms with Gasteiger partial charge in [-0.15, -0.1) is 0 Å². The maximum absolute atomic E-state index is 12.4. The predicted octanol–water partition coefficient (Wildman–Crippen LogP) is 1.03. The molecule has 3 aromatic rings. The van der Waals surface area contributed by atoms with E-state index in [0.717, 1.165) is 0 Å². The molecule has 8 nitrogen and oxygen atoms in total. The smallest absolute Gasteiger partial charge is 0.270 e. The zero-order valence-corrected chi connectivity index (χ0v) is 13.3. The summed E-state index contributed by atoms with van der Waals surface area (Å²) in [7, 11) is -2.35. The third kappa shape index (κ3) is 2.88. The van der Waals surface area contributed by atoms with E-state index in [4.69, 9.17) is 4.74 Å². The van der Waals surface area contributed by atoms with Crippen molar-refractivity contribution in [2.75, 3.05) is 11.8 Å². The van der Waals surface area contributed by atoms with Gasteiger partial charge in [0, 0.05) is 5.69 Å². The van der Waals surface area contributed by atoms with Gasteiger partial charge in [-0.05, 0) is 42.5 Å². The molecule has 0 atom stereocenters. The number of nitrogens with one attached hydrogen (secondary N) is 3. The molecule has 0 radical (unpaired) electrons. The number of sulfonamides is 1. The highest BCUT2D eigenvalue weighted by molar-refractivity contribution is 7.92. The van der Waals surface area contributed by atoms with Crippen LogP contribution in [-0.4, -0.2) is 25.7 Å². The molecule has 0 saturated heterocycles. The van der Waals surface area contributed by atoms with Gasteiger partial charge in [-0.3, -0.25) is 24.5 Å². The Labute approximate surface area is 136 Å². The molecule has 0 unspecified atom stereocenters. The van der Waals surface area contributed by atoms with Gasteiger partial charge in [0.25, 0.3) is 21.1 Å². The highest BCUT2D eigenvalue weighted by Crippen LogP contribution is 2.20. The summed E-state index contributed by atoms with van der Waals surface area (Å²) in [4.78, 5) is 23.5. The fraction of sp³-hybridized carbons (Fsp3) is 0.0667. The minimum atomic E-state index is -3.83. The van der Waals surface area contributed by atoms with E-state index in [-0.39, 0.29) is 21.4 Å². The Morgan fingerprint density at radius 1 is 0.917 bits per heavy atom. The van der Waals surface area contributed by atoms with Gasteiger partial charge < -0.3 is 4.74 Å². The number of ether oxygens (including phenoxy) is 1. The summed E-state index contributed by atoms with van der Waals surface area (Å²) in [6, 6.07) is 9.97. The average Bonchev–Trinajstić information content (AvgIpc) is 2.58. The first-order valence-electron chi connectivity index (χ1n) is 6.82. The summed E-state index contributed by atoms with van der Waals surface area (Å²) in [5, 5.41) is 4.66. The van der Waals surface area contributed by atoms with Crippen molar-refractivity contribution in [3.8, 4) is 5.75 Å². The van der Waals surface area contributed by atoms with Gasteiger partial charge >= 0.3 is 0 Å². The van der Waals surface area contributed by atoms with E-state index in [0.29, 0.717) is 5.75 Å². The van der Waals surface area contributed by atoms with Crippen LogP contribution in [0.1, 0.15) is 0 Å². The molecule has 9 heteroatoms. The standard InChI is InChI=1S/C15H13N3O5S/c1-23-10-3-5-11(6-4-10)24(21,22)18-9-2-7-12-13(8-9)15(20)17-16-14(12)19/h2-8,18H,1H3,(H,16,19)(H,17,20). The number of aromatic amines is 2. The second kappa shape index (κ2) is 5.85. The maximum Gasteiger partial charge on any atom is 0.270 e. The SMILES string of the molecule is COc1ccc(S(=O)(=O)Nc2ccc3c(=O)[nH][nH]c(=O)c3c2)cc1. The number of anilines is 1. The first-order valence-corrected chi connectivity index (χ1v) is 8.30. The lowest BCUT2D eigenvalue weighted by atomic mass is 10.2. The lowest BCUT2D eigenvalue weighted by Gasteiger charge is -2.09. The molecule has 0 aliphatic carbocycles. The third-order valence-electron chi connectivity index (χ3n) is 3.42. The van der Waals surface area contributed by atoms with Crippen LogP contribution in [0, 0.1) is 0 Å². The molecule has 0 fully saturated rings. The van der Waals surface area contributed by atoms with Gasteiger partial charge in [-0.1, -0.05) is 0 Å². The van der Waals surface area contributed by atoms with Gasteiger partial charge in [0.15, 0.2) is 0 Å². The van der Waals surface area contributed by atoms with Gasteiger partial charge in [0.05, 0.1) is 22.8 Å². The molecule has 2 aromatic carbocycles. The number of rotatable bonds is 4. The molecule has 24 heavy (non-hydrogen) atoms. The molecule has 0 aliphatic heterocycles. The number of hydrogen-bond donors (Lipinski definition) is 3.